The van der Waals surface area contributed by atoms with Crippen molar-refractivity contribution in [1.29, 1.82) is 0 Å². The highest BCUT2D eigenvalue weighted by Gasteiger charge is 2.19. The molecule has 5 heteroatoms. The van der Waals surface area contributed by atoms with E-state index in [-0.39, 0.29) is 5.54 Å². The van der Waals surface area contributed by atoms with Crippen molar-refractivity contribution in [2.75, 3.05) is 11.6 Å². The lowest BCUT2D eigenvalue weighted by molar-refractivity contribution is 0.358. The second kappa shape index (κ2) is 5.43. The van der Waals surface area contributed by atoms with Gasteiger partial charge in [-0.1, -0.05) is 12.1 Å². The lowest BCUT2D eigenvalue weighted by Crippen LogP contribution is -2.21. The molecule has 2 N–H and O–H groups in total. The molecule has 3 aromatic rings. The normalized spacial score (nSPS) is 12.4. The van der Waals surface area contributed by atoms with E-state index in [2.05, 4.69) is 43.1 Å². The van der Waals surface area contributed by atoms with Crippen molar-refractivity contribution >= 4 is 39.2 Å². The molecule has 0 spiro atoms. The first-order chi connectivity index (χ1) is 10.4. The van der Waals surface area contributed by atoms with Crippen molar-refractivity contribution in [2.45, 2.75) is 39.2 Å². The SMILES string of the molecule is CC(C)(C)n1cc2c(n1)c(N)nc1cccc(CCCCl)c12. The molecular formula is C17H21ClN4. The van der Waals surface area contributed by atoms with Gasteiger partial charge in [-0.2, -0.15) is 5.10 Å². The summed E-state index contributed by atoms with van der Waals surface area (Å²) < 4.78 is 1.97. The van der Waals surface area contributed by atoms with Crippen LogP contribution < -0.4 is 5.73 Å². The lowest BCUT2D eigenvalue weighted by atomic mass is 10.0. The van der Waals surface area contributed by atoms with Crippen LogP contribution >= 0.6 is 11.6 Å². The lowest BCUT2D eigenvalue weighted by Gasteiger charge is -2.18. The first-order valence-corrected chi connectivity index (χ1v) is 8.08. The summed E-state index contributed by atoms with van der Waals surface area (Å²) in [6.07, 6.45) is 3.96. The first-order valence-electron chi connectivity index (χ1n) is 7.54. The zero-order valence-electron chi connectivity index (χ0n) is 13.2. The number of rotatable bonds is 3. The van der Waals surface area contributed by atoms with Crippen LogP contribution in [-0.4, -0.2) is 20.6 Å². The largest absolute Gasteiger partial charge is 0.382 e. The van der Waals surface area contributed by atoms with Crippen molar-refractivity contribution in [1.82, 2.24) is 14.8 Å². The molecule has 0 aliphatic heterocycles. The van der Waals surface area contributed by atoms with Gasteiger partial charge in [-0.15, -0.1) is 11.6 Å². The molecule has 4 nitrogen and oxygen atoms in total. The fourth-order valence-corrected chi connectivity index (χ4v) is 2.86. The van der Waals surface area contributed by atoms with Gasteiger partial charge in [0.2, 0.25) is 0 Å². The van der Waals surface area contributed by atoms with E-state index in [4.69, 9.17) is 17.3 Å². The Kier molecular flexibility index (Phi) is 3.73. The second-order valence-corrected chi connectivity index (χ2v) is 6.99. The predicted octanol–water partition coefficient (Wildman–Crippen LogP) is 4.09. The number of fused-ring (bicyclic) bond motifs is 3. The Bertz CT molecular complexity index is 830. The maximum atomic E-state index is 6.12. The minimum atomic E-state index is -0.0944. The van der Waals surface area contributed by atoms with Gasteiger partial charge < -0.3 is 5.73 Å². The monoisotopic (exact) mass is 316 g/mol. The summed E-state index contributed by atoms with van der Waals surface area (Å²) >= 11 is 5.86. The third-order valence-corrected chi connectivity index (χ3v) is 4.13. The minimum Gasteiger partial charge on any atom is -0.382 e. The zero-order chi connectivity index (χ0) is 15.9. The van der Waals surface area contributed by atoms with Crippen molar-refractivity contribution in [3.63, 3.8) is 0 Å². The molecule has 3 rings (SSSR count). The molecule has 0 radical (unpaired) electrons. The molecule has 0 amide bonds. The summed E-state index contributed by atoms with van der Waals surface area (Å²) in [5.74, 6) is 1.14. The molecule has 0 saturated carbocycles. The summed E-state index contributed by atoms with van der Waals surface area (Å²) in [4.78, 5) is 4.54. The highest BCUT2D eigenvalue weighted by molar-refractivity contribution is 6.17. The van der Waals surface area contributed by atoms with E-state index in [9.17, 15) is 0 Å². The molecule has 0 fully saturated rings. The van der Waals surface area contributed by atoms with Gasteiger partial charge in [0, 0.05) is 22.8 Å². The summed E-state index contributed by atoms with van der Waals surface area (Å²) in [6.45, 7) is 6.37. The Morgan fingerprint density at radius 1 is 1.27 bits per heavy atom. The van der Waals surface area contributed by atoms with Crippen molar-refractivity contribution in [3.8, 4) is 0 Å². The standard InChI is InChI=1S/C17H21ClN4/c1-17(2,3)22-10-12-14-11(7-5-9-18)6-4-8-13(14)20-16(19)15(12)21-22/h4,6,8,10H,5,7,9H2,1-3H3,(H2,19,20). The van der Waals surface area contributed by atoms with Gasteiger partial charge in [-0.25, -0.2) is 4.98 Å². The number of hydrogen-bond donors (Lipinski definition) is 1. The molecule has 1 aromatic carbocycles. The van der Waals surface area contributed by atoms with E-state index in [0.29, 0.717) is 11.7 Å². The van der Waals surface area contributed by atoms with Gasteiger partial charge in [0.15, 0.2) is 5.82 Å². The third-order valence-electron chi connectivity index (χ3n) is 3.86. The van der Waals surface area contributed by atoms with Gasteiger partial charge in [0.05, 0.1) is 11.1 Å². The average Bonchev–Trinajstić information content (AvgIpc) is 2.90. The first kappa shape index (κ1) is 15.1. The molecule has 0 unspecified atom stereocenters. The Hall–Kier alpha value is -1.81. The maximum Gasteiger partial charge on any atom is 0.152 e. The molecule has 116 valence electrons. The number of nitrogens with zero attached hydrogens (tertiary/aromatic N) is 3. The number of anilines is 1. The predicted molar refractivity (Wildman–Crippen MR) is 93.5 cm³/mol. The van der Waals surface area contributed by atoms with Crippen molar-refractivity contribution in [2.24, 2.45) is 0 Å². The Labute approximate surface area is 135 Å². The summed E-state index contributed by atoms with van der Waals surface area (Å²) in [5, 5.41) is 6.88. The highest BCUT2D eigenvalue weighted by atomic mass is 35.5. The van der Waals surface area contributed by atoms with Crippen molar-refractivity contribution < 1.29 is 0 Å². The number of nitrogen functional groups attached to an aromatic ring is 1. The van der Waals surface area contributed by atoms with E-state index < -0.39 is 0 Å². The number of nitrogens with two attached hydrogens (primary N) is 1. The van der Waals surface area contributed by atoms with Crippen molar-refractivity contribution in [3.05, 3.63) is 30.0 Å². The molecule has 22 heavy (non-hydrogen) atoms. The molecule has 2 aromatic heterocycles. The topological polar surface area (TPSA) is 56.7 Å². The van der Waals surface area contributed by atoms with Gasteiger partial charge in [0.25, 0.3) is 0 Å². The summed E-state index contributed by atoms with van der Waals surface area (Å²) in [6, 6.07) is 6.17. The fourth-order valence-electron chi connectivity index (χ4n) is 2.73. The number of pyridine rings is 1. The smallest absolute Gasteiger partial charge is 0.152 e. The van der Waals surface area contributed by atoms with Crippen LogP contribution in [-0.2, 0) is 12.0 Å². The van der Waals surface area contributed by atoms with E-state index in [0.717, 1.165) is 34.6 Å². The molecule has 0 atom stereocenters. The van der Waals surface area contributed by atoms with Gasteiger partial charge >= 0.3 is 0 Å². The zero-order valence-corrected chi connectivity index (χ0v) is 14.0. The molecule has 0 bridgehead atoms. The third kappa shape index (κ3) is 2.52. The number of benzene rings is 1. The number of aryl methyl sites for hydroxylation is 1. The maximum absolute atomic E-state index is 6.12. The van der Waals surface area contributed by atoms with Crippen LogP contribution in [0.5, 0.6) is 0 Å². The summed E-state index contributed by atoms with van der Waals surface area (Å²) in [5.41, 5.74) is 8.98. The molecule has 0 aliphatic carbocycles. The number of alkyl halides is 1. The number of halogens is 1. The van der Waals surface area contributed by atoms with E-state index in [1.807, 2.05) is 16.8 Å². The van der Waals surface area contributed by atoms with E-state index in [1.54, 1.807) is 0 Å². The highest BCUT2D eigenvalue weighted by Crippen LogP contribution is 2.31. The van der Waals surface area contributed by atoms with Crippen LogP contribution in [0.25, 0.3) is 21.8 Å². The quantitative estimate of drug-likeness (QED) is 0.740. The Morgan fingerprint density at radius 2 is 2.05 bits per heavy atom. The van der Waals surface area contributed by atoms with E-state index in [1.165, 1.54) is 5.56 Å². The molecule has 2 heterocycles. The van der Waals surface area contributed by atoms with E-state index >= 15 is 0 Å². The number of aromatic nitrogens is 3. The minimum absolute atomic E-state index is 0.0944. The fraction of sp³-hybridized carbons (Fsp3) is 0.412. The Morgan fingerprint density at radius 3 is 2.73 bits per heavy atom. The van der Waals surface area contributed by atoms with Crippen LogP contribution in [0, 0.1) is 0 Å². The number of hydrogen-bond acceptors (Lipinski definition) is 3. The van der Waals surface area contributed by atoms with Crippen LogP contribution in [0.2, 0.25) is 0 Å². The Balaban J connectivity index is 2.34. The van der Waals surface area contributed by atoms with Gasteiger partial charge in [-0.05, 0) is 45.2 Å². The molecule has 0 aliphatic rings. The van der Waals surface area contributed by atoms with Gasteiger partial charge in [0.1, 0.15) is 5.52 Å². The van der Waals surface area contributed by atoms with Gasteiger partial charge in [-0.3, -0.25) is 4.68 Å². The molecular weight excluding hydrogens is 296 g/mol. The van der Waals surface area contributed by atoms with Crippen LogP contribution in [0.3, 0.4) is 0 Å². The summed E-state index contributed by atoms with van der Waals surface area (Å²) in [7, 11) is 0. The second-order valence-electron chi connectivity index (χ2n) is 6.61. The molecule has 0 saturated heterocycles. The van der Waals surface area contributed by atoms with Crippen LogP contribution in [0.1, 0.15) is 32.8 Å². The van der Waals surface area contributed by atoms with Crippen LogP contribution in [0.4, 0.5) is 5.82 Å². The average molecular weight is 317 g/mol. The van der Waals surface area contributed by atoms with Crippen LogP contribution in [0.15, 0.2) is 24.4 Å².